The lowest BCUT2D eigenvalue weighted by molar-refractivity contribution is -0.117. The number of imidazole rings is 1. The van der Waals surface area contributed by atoms with E-state index in [1.165, 1.54) is 19.5 Å². The van der Waals surface area contributed by atoms with Crippen LogP contribution in [-0.2, 0) is 71.1 Å². The van der Waals surface area contributed by atoms with Gasteiger partial charge in [-0.25, -0.2) is 15.0 Å². The number of fused-ring (bicyclic) bond motifs is 1. The van der Waals surface area contributed by atoms with Crippen molar-refractivity contribution in [2.75, 3.05) is 86.1 Å². The summed E-state index contributed by atoms with van der Waals surface area (Å²) in [4.78, 5) is 64.1. The van der Waals surface area contributed by atoms with E-state index < -0.39 is 0 Å². The maximum atomic E-state index is 11.4. The summed E-state index contributed by atoms with van der Waals surface area (Å²) in [7, 11) is 5.47. The van der Waals surface area contributed by atoms with Crippen LogP contribution in [0.4, 0.5) is 40.6 Å². The number of nitrogen functional groups attached to an aromatic ring is 1. The first-order valence-electron chi connectivity index (χ1n) is 36.1. The SMILES string of the molecule is C.CC(=O)Cc1cc(Oc2cnc3nc(Nc4cc(C(C)(C)C)n([C@@H]5CCOC5)n4)n(C)c3c2)ccn1.CC(C)(C)c1cc(SC#N)nn1[C@@H]1CCOC1.CNc1cc(Oc2ccnc(CC(C)=O)c2)cnc1N.CNc1cc(Oc2ccnc(CC(C)=O)c2)cnc1NC(=S)Nc1cc(C(C)(C)C)n([C@H]2CCOC2)n1. The van der Waals surface area contributed by atoms with Crippen LogP contribution < -0.4 is 46.5 Å². The number of carbonyl (C=O) groups excluding carboxylic acids is 3. The quantitative estimate of drug-likeness (QED) is 0.0208. The fraction of sp³-hybridized carbons (Fsp3) is 0.430. The Morgan fingerprint density at radius 2 is 0.991 bits per heavy atom. The second kappa shape index (κ2) is 37.6. The highest BCUT2D eigenvalue weighted by atomic mass is 32.2. The van der Waals surface area contributed by atoms with Crippen molar-refractivity contribution in [1.82, 2.24) is 68.8 Å². The first-order chi connectivity index (χ1) is 52.4. The van der Waals surface area contributed by atoms with E-state index >= 15 is 0 Å². The standard InChI is InChI=1S/C26H33N7O3S.C26H31N7O3.C14H16N4O2.C12H17N3OS.CH4/c1-16(34)10-17-11-19(6-8-28-17)36-20-12-21(27-5)24(29-14-20)31-25(37)30-23-13-22(26(2,3)4)33(32-23)18-7-9-35-15-18;1-16(34)10-17-11-19(6-8-27-17)36-20-12-21-24(28-14-20)30-25(32(21)5)29-23-13-22(26(2,3)4)33(31-23)18-7-9-35-15-18;1-9(19)5-10-6-11(3-4-17-10)20-12-7-13(16-2)14(15)18-8-12;1-12(2,3)10-6-11(17-8-13)14-15(10)9-4-5-16-7-9;/h6,8,11-14,18,27H,7,9-10,15H2,1-5H3,(H2,29,30,31,32,37);6,8,11-14,18H,7,9-10,15H2,1-5H3,(H,28,29,30,31);3-4,6-8,16H,5H2,1-2H3,(H2,15,18);6,9H,4-5,7H2,1-3H3;1H4/t2*18-;;9-;/m01.1./s1. The van der Waals surface area contributed by atoms with Crippen molar-refractivity contribution in [3.05, 3.63) is 144 Å². The van der Waals surface area contributed by atoms with E-state index in [-0.39, 0.29) is 65.9 Å². The van der Waals surface area contributed by atoms with Gasteiger partial charge in [-0.2, -0.15) is 25.5 Å². The van der Waals surface area contributed by atoms with Crippen molar-refractivity contribution in [3.63, 3.8) is 0 Å². The van der Waals surface area contributed by atoms with E-state index in [0.717, 1.165) is 85.2 Å². The van der Waals surface area contributed by atoms with Gasteiger partial charge in [0.2, 0.25) is 5.95 Å². The second-order valence-corrected chi connectivity index (χ2v) is 31.0. The molecule has 3 fully saturated rings. The summed E-state index contributed by atoms with van der Waals surface area (Å²) < 4.78 is 42.4. The fourth-order valence-electron chi connectivity index (χ4n) is 12.2. The zero-order chi connectivity index (χ0) is 79.0. The van der Waals surface area contributed by atoms with Crippen LogP contribution in [0.1, 0.15) is 162 Å². The molecule has 10 aromatic rings. The third kappa shape index (κ3) is 23.3. The minimum atomic E-state index is -0.0805. The lowest BCUT2D eigenvalue weighted by atomic mass is 9.91. The molecule has 0 spiro atoms. The predicted molar refractivity (Wildman–Crippen MR) is 434 cm³/mol. The maximum absolute atomic E-state index is 11.4. The highest BCUT2D eigenvalue weighted by Gasteiger charge is 2.32. The van der Waals surface area contributed by atoms with Crippen LogP contribution in [0, 0.1) is 10.7 Å². The topological polar surface area (TPSA) is 365 Å². The monoisotopic (exact) mass is 1550 g/mol. The van der Waals surface area contributed by atoms with Crippen LogP contribution in [-0.4, -0.2) is 145 Å². The van der Waals surface area contributed by atoms with Crippen molar-refractivity contribution in [2.45, 2.75) is 168 Å². The second-order valence-electron chi connectivity index (χ2n) is 29.8. The molecular weight excluding hydrogens is 1450 g/mol. The minimum Gasteiger partial charge on any atom is -0.456 e. The summed E-state index contributed by atoms with van der Waals surface area (Å²) in [5, 5.41) is 41.9. The number of nitriles is 1. The fourth-order valence-corrected chi connectivity index (χ4v) is 12.7. The van der Waals surface area contributed by atoms with Gasteiger partial charge in [-0.3, -0.25) is 43.4 Å². The zero-order valence-electron chi connectivity index (χ0n) is 64.9. The molecule has 0 unspecified atom stereocenters. The lowest BCUT2D eigenvalue weighted by Crippen LogP contribution is -2.22. The van der Waals surface area contributed by atoms with Crippen LogP contribution in [0.2, 0.25) is 0 Å². The molecule has 0 aliphatic carbocycles. The van der Waals surface area contributed by atoms with Gasteiger partial charge in [0.15, 0.2) is 28.2 Å². The number of nitrogens with zero attached hydrogens (tertiary/aromatic N) is 15. The maximum Gasteiger partial charge on any atom is 0.210 e. The Kier molecular flexibility index (Phi) is 28.5. The molecule has 588 valence electrons. The molecule has 0 radical (unpaired) electrons. The molecule has 3 atom stereocenters. The molecule has 13 heterocycles. The summed E-state index contributed by atoms with van der Waals surface area (Å²) >= 11 is 6.68. The number of hydrogen-bond donors (Lipinski definition) is 6. The number of aromatic nitrogens is 14. The van der Waals surface area contributed by atoms with Gasteiger partial charge in [-0.05, 0) is 76.5 Å². The van der Waals surface area contributed by atoms with Crippen LogP contribution in [0.5, 0.6) is 34.5 Å². The van der Waals surface area contributed by atoms with Crippen molar-refractivity contribution in [1.29, 1.82) is 5.26 Å². The van der Waals surface area contributed by atoms with E-state index in [2.05, 4.69) is 150 Å². The molecule has 3 aliphatic heterocycles. The number of ketones is 3. The number of rotatable bonds is 22. The number of hydrogen-bond acceptors (Lipinski definition) is 26. The Labute approximate surface area is 657 Å². The Morgan fingerprint density at radius 3 is 1.43 bits per heavy atom. The number of thioether (sulfide) groups is 1. The number of anilines is 7. The van der Waals surface area contributed by atoms with Crippen molar-refractivity contribution >= 4 is 98.2 Å². The number of nitrogens with one attached hydrogen (secondary N) is 5. The van der Waals surface area contributed by atoms with Crippen molar-refractivity contribution in [2.24, 2.45) is 7.05 Å². The highest BCUT2D eigenvalue weighted by molar-refractivity contribution is 8.03. The third-order valence-corrected chi connectivity index (χ3v) is 18.2. The molecule has 0 aromatic carbocycles. The number of ether oxygens (including phenoxy) is 6. The van der Waals surface area contributed by atoms with E-state index in [1.54, 1.807) is 101 Å². The number of pyridine rings is 6. The van der Waals surface area contributed by atoms with Gasteiger partial charge in [0.1, 0.15) is 68.1 Å². The van der Waals surface area contributed by atoms with E-state index in [4.69, 9.17) is 61.8 Å². The van der Waals surface area contributed by atoms with E-state index in [9.17, 15) is 14.4 Å². The van der Waals surface area contributed by atoms with Crippen molar-refractivity contribution in [3.8, 4) is 39.9 Å². The average Bonchev–Trinajstić information content (AvgIpc) is 1.65. The summed E-state index contributed by atoms with van der Waals surface area (Å²) in [6.45, 7) is 28.5. The smallest absolute Gasteiger partial charge is 0.210 e. The number of Topliss-reactive ketones (excluding diaryl/α,β-unsaturated/α-hetero) is 3. The lowest BCUT2D eigenvalue weighted by Gasteiger charge is -2.22. The molecule has 13 rings (SSSR count). The van der Waals surface area contributed by atoms with Crippen LogP contribution >= 0.6 is 24.0 Å². The summed E-state index contributed by atoms with van der Waals surface area (Å²) in [6.07, 6.45) is 13.4. The molecule has 0 bridgehead atoms. The molecule has 111 heavy (non-hydrogen) atoms. The number of thiocarbonyl (C=S) groups is 1. The predicted octanol–water partition coefficient (Wildman–Crippen LogP) is 14.6. The molecule has 0 amide bonds. The molecule has 10 aromatic heterocycles. The number of thiocyanates is 1. The van der Waals surface area contributed by atoms with Gasteiger partial charge in [0, 0.05) is 172 Å². The van der Waals surface area contributed by atoms with Crippen molar-refractivity contribution < 1.29 is 42.8 Å². The molecule has 30 nitrogen and oxygen atoms in total. The number of aryl methyl sites for hydroxylation is 1. The van der Waals surface area contributed by atoms with E-state index in [1.807, 2.05) is 40.6 Å². The molecule has 0 saturated carbocycles. The number of carbonyl (C=O) groups is 3. The molecule has 3 aliphatic rings. The van der Waals surface area contributed by atoms with Gasteiger partial charge in [0.25, 0.3) is 0 Å². The Bertz CT molecular complexity index is 4910. The minimum absolute atomic E-state index is 0. The summed E-state index contributed by atoms with van der Waals surface area (Å²) in [6, 6.07) is 22.8. The highest BCUT2D eigenvalue weighted by Crippen LogP contribution is 2.37. The molecule has 3 saturated heterocycles. The zero-order valence-corrected chi connectivity index (χ0v) is 66.5. The summed E-state index contributed by atoms with van der Waals surface area (Å²) in [5.41, 5.74) is 13.8. The van der Waals surface area contributed by atoms with Gasteiger partial charge in [0.05, 0.1) is 90.5 Å². The molecule has 7 N–H and O–H groups in total. The summed E-state index contributed by atoms with van der Waals surface area (Å²) in [5.74, 6) is 6.56. The first kappa shape index (κ1) is 84.0. The van der Waals surface area contributed by atoms with Crippen LogP contribution in [0.25, 0.3) is 11.2 Å². The number of nitrogens with two attached hydrogens (primary N) is 1. The Balaban J connectivity index is 0.000000178. The van der Waals surface area contributed by atoms with Crippen LogP contribution in [0.15, 0.2) is 115 Å². The van der Waals surface area contributed by atoms with Gasteiger partial charge >= 0.3 is 0 Å². The van der Waals surface area contributed by atoms with E-state index in [0.29, 0.717) is 123 Å². The average molecular weight is 1550 g/mol. The van der Waals surface area contributed by atoms with Gasteiger partial charge < -0.3 is 65.3 Å². The third-order valence-electron chi connectivity index (χ3n) is 17.5. The first-order valence-corrected chi connectivity index (χ1v) is 37.4. The molecule has 32 heteroatoms. The Morgan fingerprint density at radius 1 is 0.568 bits per heavy atom. The van der Waals surface area contributed by atoms with Gasteiger partial charge in [-0.15, -0.1) is 0 Å². The van der Waals surface area contributed by atoms with Gasteiger partial charge in [-0.1, -0.05) is 69.7 Å². The van der Waals surface area contributed by atoms with Crippen LogP contribution in [0.3, 0.4) is 0 Å². The molecular formula is C79H101N21O9S2. The normalized spacial score (nSPS) is 15.2. The largest absolute Gasteiger partial charge is 0.456 e. The Hall–Kier alpha value is -11.0.